The molecule has 1 aromatic rings. The molecule has 1 saturated carbocycles. The van der Waals surface area contributed by atoms with Crippen LogP contribution in [0.15, 0.2) is 30.3 Å². The zero-order chi connectivity index (χ0) is 18.8. The quantitative estimate of drug-likeness (QED) is 0.519. The van der Waals surface area contributed by atoms with Gasteiger partial charge in [-0.2, -0.15) is 0 Å². The number of ketones is 1. The molecule has 0 radical (unpaired) electrons. The number of carboxylic acids is 1. The van der Waals surface area contributed by atoms with Gasteiger partial charge < -0.3 is 5.11 Å². The Morgan fingerprint density at radius 1 is 1.15 bits per heavy atom. The molecule has 3 nitrogen and oxygen atoms in total. The van der Waals surface area contributed by atoms with Crippen LogP contribution in [0.1, 0.15) is 75.8 Å². The fourth-order valence-electron chi connectivity index (χ4n) is 3.85. The van der Waals surface area contributed by atoms with Crippen molar-refractivity contribution in [2.75, 3.05) is 0 Å². The first kappa shape index (κ1) is 20.4. The largest absolute Gasteiger partial charge is 0.481 e. The van der Waals surface area contributed by atoms with Crippen LogP contribution in [0.5, 0.6) is 0 Å². The molecule has 0 aliphatic heterocycles. The maximum absolute atomic E-state index is 12.2. The topological polar surface area (TPSA) is 54.4 Å². The van der Waals surface area contributed by atoms with Gasteiger partial charge in [-0.25, -0.2) is 0 Å². The number of Topliss-reactive ketones (excluding diaryl/α,β-unsaturated/α-hetero) is 1. The van der Waals surface area contributed by atoms with E-state index in [4.69, 9.17) is 5.11 Å². The third-order valence-corrected chi connectivity index (χ3v) is 5.36. The van der Waals surface area contributed by atoms with Crippen LogP contribution in [-0.4, -0.2) is 16.9 Å². The molecule has 0 aromatic heterocycles. The first-order valence-electron chi connectivity index (χ1n) is 10.1. The molecule has 2 atom stereocenters. The molecule has 2 rings (SSSR count). The lowest BCUT2D eigenvalue weighted by molar-refractivity contribution is -0.137. The summed E-state index contributed by atoms with van der Waals surface area (Å²) in [6, 6.07) is 8.71. The van der Waals surface area contributed by atoms with Gasteiger partial charge in [-0.15, -0.1) is 0 Å². The lowest BCUT2D eigenvalue weighted by atomic mass is 9.89. The monoisotopic (exact) mass is 356 g/mol. The molecule has 1 N–H and O–H groups in total. The average molecular weight is 357 g/mol. The minimum atomic E-state index is -0.719. The van der Waals surface area contributed by atoms with E-state index in [2.05, 4.69) is 43.3 Å². The van der Waals surface area contributed by atoms with Crippen molar-refractivity contribution in [2.45, 2.75) is 71.1 Å². The Morgan fingerprint density at radius 3 is 2.58 bits per heavy atom. The minimum Gasteiger partial charge on any atom is -0.481 e. The van der Waals surface area contributed by atoms with Crippen LogP contribution in [0, 0.1) is 11.8 Å². The fraction of sp³-hybridized carbons (Fsp3) is 0.565. The maximum Gasteiger partial charge on any atom is 0.303 e. The molecule has 2 unspecified atom stereocenters. The van der Waals surface area contributed by atoms with Crippen molar-refractivity contribution in [3.05, 3.63) is 41.5 Å². The van der Waals surface area contributed by atoms with Gasteiger partial charge in [0.25, 0.3) is 0 Å². The lowest BCUT2D eigenvalue weighted by Gasteiger charge is -2.14. The van der Waals surface area contributed by atoms with E-state index in [1.54, 1.807) is 0 Å². The van der Waals surface area contributed by atoms with E-state index >= 15 is 0 Å². The SMILES string of the molecule is CCCc1ccc(C=CC2CCC(=O)C2CCCCCCC(=O)O)cc1. The number of carbonyl (C=O) groups is 2. The van der Waals surface area contributed by atoms with Crippen molar-refractivity contribution in [1.29, 1.82) is 0 Å². The molecule has 0 amide bonds. The molecule has 1 aromatic carbocycles. The highest BCUT2D eigenvalue weighted by Gasteiger charge is 2.32. The number of hydrogen-bond donors (Lipinski definition) is 1. The first-order valence-corrected chi connectivity index (χ1v) is 10.1. The second kappa shape index (κ2) is 10.9. The van der Waals surface area contributed by atoms with Crippen LogP contribution in [-0.2, 0) is 16.0 Å². The van der Waals surface area contributed by atoms with Crippen molar-refractivity contribution in [2.24, 2.45) is 11.8 Å². The van der Waals surface area contributed by atoms with Crippen molar-refractivity contribution in [3.8, 4) is 0 Å². The van der Waals surface area contributed by atoms with Gasteiger partial charge in [-0.05, 0) is 42.7 Å². The van der Waals surface area contributed by atoms with Crippen molar-refractivity contribution >= 4 is 17.8 Å². The van der Waals surface area contributed by atoms with Crippen molar-refractivity contribution < 1.29 is 14.7 Å². The number of aliphatic carboxylic acids is 1. The van der Waals surface area contributed by atoms with Gasteiger partial charge in [0.15, 0.2) is 0 Å². The second-order valence-corrected chi connectivity index (χ2v) is 7.47. The number of aryl methyl sites for hydroxylation is 1. The molecule has 0 heterocycles. The highest BCUT2D eigenvalue weighted by Crippen LogP contribution is 2.34. The Labute approximate surface area is 157 Å². The molecule has 1 fully saturated rings. The number of hydrogen-bond acceptors (Lipinski definition) is 2. The number of unbranched alkanes of at least 4 members (excludes halogenated alkanes) is 3. The molecule has 142 valence electrons. The number of carbonyl (C=O) groups excluding carboxylic acids is 1. The molecule has 1 aliphatic carbocycles. The first-order chi connectivity index (χ1) is 12.6. The van der Waals surface area contributed by atoms with E-state index in [1.807, 2.05) is 0 Å². The zero-order valence-electron chi connectivity index (χ0n) is 16.0. The summed E-state index contributed by atoms with van der Waals surface area (Å²) in [5.74, 6) is 0.203. The summed E-state index contributed by atoms with van der Waals surface area (Å²) in [7, 11) is 0. The number of rotatable bonds is 11. The van der Waals surface area contributed by atoms with Gasteiger partial charge in [-0.3, -0.25) is 9.59 Å². The molecule has 0 spiro atoms. The van der Waals surface area contributed by atoms with E-state index in [0.29, 0.717) is 18.1 Å². The lowest BCUT2D eigenvalue weighted by Crippen LogP contribution is -2.13. The third kappa shape index (κ3) is 6.78. The average Bonchev–Trinajstić information content (AvgIpc) is 2.97. The Morgan fingerprint density at radius 2 is 1.88 bits per heavy atom. The number of benzene rings is 1. The van der Waals surface area contributed by atoms with Crippen LogP contribution in [0.3, 0.4) is 0 Å². The van der Waals surface area contributed by atoms with Crippen molar-refractivity contribution in [1.82, 2.24) is 0 Å². The van der Waals surface area contributed by atoms with Gasteiger partial charge in [0.1, 0.15) is 5.78 Å². The molecule has 26 heavy (non-hydrogen) atoms. The summed E-state index contributed by atoms with van der Waals surface area (Å²) in [5, 5.41) is 8.65. The third-order valence-electron chi connectivity index (χ3n) is 5.36. The number of carboxylic acid groups (broad SMARTS) is 1. The summed E-state index contributed by atoms with van der Waals surface area (Å²) < 4.78 is 0. The van der Waals surface area contributed by atoms with Gasteiger partial charge in [0.2, 0.25) is 0 Å². The highest BCUT2D eigenvalue weighted by atomic mass is 16.4. The van der Waals surface area contributed by atoms with E-state index in [1.165, 1.54) is 11.1 Å². The number of allylic oxidation sites excluding steroid dienone is 1. The molecule has 1 aliphatic rings. The smallest absolute Gasteiger partial charge is 0.303 e. The molecular weight excluding hydrogens is 324 g/mol. The Bertz CT molecular complexity index is 600. The van der Waals surface area contributed by atoms with Crippen LogP contribution in [0.4, 0.5) is 0 Å². The van der Waals surface area contributed by atoms with Crippen molar-refractivity contribution in [3.63, 3.8) is 0 Å². The Balaban J connectivity index is 1.79. The van der Waals surface area contributed by atoms with Crippen LogP contribution in [0.2, 0.25) is 0 Å². The van der Waals surface area contributed by atoms with Gasteiger partial charge in [0.05, 0.1) is 0 Å². The van der Waals surface area contributed by atoms with Crippen LogP contribution >= 0.6 is 0 Å². The maximum atomic E-state index is 12.2. The molecule has 3 heteroatoms. The molecule has 0 saturated heterocycles. The molecule has 0 bridgehead atoms. The molecular formula is C23H32O3. The van der Waals surface area contributed by atoms with E-state index in [0.717, 1.165) is 51.4 Å². The minimum absolute atomic E-state index is 0.157. The van der Waals surface area contributed by atoms with Crippen LogP contribution in [0.25, 0.3) is 6.08 Å². The van der Waals surface area contributed by atoms with Gasteiger partial charge >= 0.3 is 5.97 Å². The summed E-state index contributed by atoms with van der Waals surface area (Å²) in [5.41, 5.74) is 2.58. The predicted octanol–water partition coefficient (Wildman–Crippen LogP) is 5.67. The zero-order valence-corrected chi connectivity index (χ0v) is 16.0. The van der Waals surface area contributed by atoms with Gasteiger partial charge in [-0.1, -0.05) is 69.0 Å². The highest BCUT2D eigenvalue weighted by molar-refractivity contribution is 5.84. The summed E-state index contributed by atoms with van der Waals surface area (Å²) in [6.45, 7) is 2.19. The summed E-state index contributed by atoms with van der Waals surface area (Å²) in [4.78, 5) is 22.7. The normalized spacial score (nSPS) is 20.1. The van der Waals surface area contributed by atoms with E-state index in [9.17, 15) is 9.59 Å². The fourth-order valence-corrected chi connectivity index (χ4v) is 3.85. The second-order valence-electron chi connectivity index (χ2n) is 7.47. The summed E-state index contributed by atoms with van der Waals surface area (Å²) in [6.07, 6.45) is 13.3. The van der Waals surface area contributed by atoms with Gasteiger partial charge in [0, 0.05) is 18.8 Å². The standard InChI is InChI=1S/C23H32O3/c1-2-7-18-10-12-19(13-11-18)14-15-20-16-17-22(24)21(20)8-5-3-4-6-9-23(25)26/h10-15,20-21H,2-9,16-17H2,1H3,(H,25,26). The van der Waals surface area contributed by atoms with Crippen LogP contribution < -0.4 is 0 Å². The Hall–Kier alpha value is -1.90. The predicted molar refractivity (Wildman–Crippen MR) is 106 cm³/mol. The summed E-state index contributed by atoms with van der Waals surface area (Å²) >= 11 is 0. The Kier molecular flexibility index (Phi) is 8.60. The van der Waals surface area contributed by atoms with E-state index < -0.39 is 5.97 Å². The van der Waals surface area contributed by atoms with E-state index in [-0.39, 0.29) is 12.3 Å².